The normalized spacial score (nSPS) is 15.2. The van der Waals surface area contributed by atoms with Gasteiger partial charge in [-0.1, -0.05) is 30.3 Å². The number of methoxy groups -OCH3 is 1. The highest BCUT2D eigenvalue weighted by Crippen LogP contribution is 2.20. The van der Waals surface area contributed by atoms with Gasteiger partial charge in [-0.2, -0.15) is 0 Å². The molecule has 1 saturated heterocycles. The molecular weight excluding hydrogens is 319 g/mol. The van der Waals surface area contributed by atoms with Gasteiger partial charge >= 0.3 is 0 Å². The molecule has 3 rings (SSSR count). The Bertz CT molecular complexity index is 727. The number of hydrogen-bond acceptors (Lipinski definition) is 3. The van der Waals surface area contributed by atoms with E-state index in [2.05, 4.69) is 4.90 Å². The third kappa shape index (κ3) is 4.17. The summed E-state index contributed by atoms with van der Waals surface area (Å²) in [6.45, 7) is 3.75. The van der Waals surface area contributed by atoms with Crippen LogP contribution in [0.3, 0.4) is 0 Å². The number of rotatable bonds is 5. The smallest absolute Gasteiger partial charge is 0.257 e. The maximum atomic E-state index is 13.7. The lowest BCUT2D eigenvalue weighted by atomic mass is 10.1. The Hall–Kier alpha value is -2.40. The number of hydrogen-bond donors (Lipinski definition) is 0. The SMILES string of the molecule is COc1ccccc1C(=O)N1CCN(CCc2ccccc2F)CC1. The fraction of sp³-hybridized carbons (Fsp3) is 0.350. The van der Waals surface area contributed by atoms with Crippen molar-refractivity contribution in [3.05, 3.63) is 65.5 Å². The van der Waals surface area contributed by atoms with Crippen molar-refractivity contribution in [1.82, 2.24) is 9.80 Å². The Balaban J connectivity index is 1.53. The lowest BCUT2D eigenvalue weighted by molar-refractivity contribution is 0.0635. The van der Waals surface area contributed by atoms with Gasteiger partial charge in [0.05, 0.1) is 12.7 Å². The van der Waals surface area contributed by atoms with Crippen molar-refractivity contribution in [2.24, 2.45) is 0 Å². The van der Waals surface area contributed by atoms with Crippen molar-refractivity contribution in [1.29, 1.82) is 0 Å². The van der Waals surface area contributed by atoms with E-state index in [0.717, 1.165) is 25.2 Å². The van der Waals surface area contributed by atoms with E-state index in [1.165, 1.54) is 6.07 Å². The molecule has 0 unspecified atom stereocenters. The molecule has 0 aromatic heterocycles. The van der Waals surface area contributed by atoms with E-state index in [1.807, 2.05) is 29.2 Å². The van der Waals surface area contributed by atoms with E-state index in [-0.39, 0.29) is 11.7 Å². The molecule has 0 aliphatic carbocycles. The first-order valence-electron chi connectivity index (χ1n) is 8.57. The van der Waals surface area contributed by atoms with Crippen LogP contribution >= 0.6 is 0 Å². The zero-order chi connectivity index (χ0) is 17.6. The van der Waals surface area contributed by atoms with Gasteiger partial charge in [0.15, 0.2) is 0 Å². The van der Waals surface area contributed by atoms with Gasteiger partial charge in [0, 0.05) is 32.7 Å². The molecule has 2 aromatic carbocycles. The molecule has 1 fully saturated rings. The molecule has 0 N–H and O–H groups in total. The van der Waals surface area contributed by atoms with E-state index >= 15 is 0 Å². The van der Waals surface area contributed by atoms with Gasteiger partial charge in [-0.05, 0) is 30.2 Å². The molecule has 1 aliphatic rings. The Morgan fingerprint density at radius 1 is 1.04 bits per heavy atom. The van der Waals surface area contributed by atoms with Gasteiger partial charge in [0.2, 0.25) is 0 Å². The zero-order valence-corrected chi connectivity index (χ0v) is 14.5. The second-order valence-electron chi connectivity index (χ2n) is 6.18. The number of nitrogens with zero attached hydrogens (tertiary/aromatic N) is 2. The predicted molar refractivity (Wildman–Crippen MR) is 95.4 cm³/mol. The summed E-state index contributed by atoms with van der Waals surface area (Å²) in [6.07, 6.45) is 0.688. The number of para-hydroxylation sites is 1. The summed E-state index contributed by atoms with van der Waals surface area (Å²) in [7, 11) is 1.58. The summed E-state index contributed by atoms with van der Waals surface area (Å²) < 4.78 is 19.0. The van der Waals surface area contributed by atoms with Crippen LogP contribution in [0.25, 0.3) is 0 Å². The van der Waals surface area contributed by atoms with E-state index in [1.54, 1.807) is 25.3 Å². The van der Waals surface area contributed by atoms with Crippen molar-refractivity contribution in [3.8, 4) is 5.75 Å². The maximum absolute atomic E-state index is 13.7. The molecule has 0 bridgehead atoms. The van der Waals surface area contributed by atoms with Gasteiger partial charge in [-0.15, -0.1) is 0 Å². The Kier molecular flexibility index (Phi) is 5.66. The summed E-state index contributed by atoms with van der Waals surface area (Å²) in [5, 5.41) is 0. The average Bonchev–Trinajstić information content (AvgIpc) is 2.67. The molecule has 25 heavy (non-hydrogen) atoms. The van der Waals surface area contributed by atoms with Crippen LogP contribution in [0.15, 0.2) is 48.5 Å². The number of halogens is 1. The first-order chi connectivity index (χ1) is 12.2. The lowest BCUT2D eigenvalue weighted by Gasteiger charge is -2.35. The second kappa shape index (κ2) is 8.12. The van der Waals surface area contributed by atoms with Gasteiger partial charge < -0.3 is 9.64 Å². The van der Waals surface area contributed by atoms with E-state index in [0.29, 0.717) is 30.8 Å². The molecule has 0 atom stereocenters. The minimum atomic E-state index is -0.146. The van der Waals surface area contributed by atoms with Crippen molar-refractivity contribution < 1.29 is 13.9 Å². The first-order valence-corrected chi connectivity index (χ1v) is 8.57. The Labute approximate surface area is 147 Å². The molecule has 2 aromatic rings. The van der Waals surface area contributed by atoms with Crippen LogP contribution in [-0.4, -0.2) is 55.5 Å². The van der Waals surface area contributed by atoms with Crippen LogP contribution in [0.2, 0.25) is 0 Å². The molecule has 0 radical (unpaired) electrons. The fourth-order valence-corrected chi connectivity index (χ4v) is 3.15. The molecule has 1 aliphatic heterocycles. The number of piperazine rings is 1. The minimum Gasteiger partial charge on any atom is -0.496 e. The highest BCUT2D eigenvalue weighted by Gasteiger charge is 2.24. The van der Waals surface area contributed by atoms with Crippen LogP contribution in [-0.2, 0) is 6.42 Å². The van der Waals surface area contributed by atoms with Gasteiger partial charge in [-0.3, -0.25) is 9.69 Å². The average molecular weight is 342 g/mol. The van der Waals surface area contributed by atoms with Gasteiger partial charge in [-0.25, -0.2) is 4.39 Å². The lowest BCUT2D eigenvalue weighted by Crippen LogP contribution is -2.49. The first kappa shape index (κ1) is 17.4. The summed E-state index contributed by atoms with van der Waals surface area (Å²) in [4.78, 5) is 16.8. The number of carbonyl (C=O) groups excluding carboxylic acids is 1. The predicted octanol–water partition coefficient (Wildman–Crippen LogP) is 2.83. The number of ether oxygens (including phenoxy) is 1. The summed E-state index contributed by atoms with van der Waals surface area (Å²) in [6, 6.07) is 14.2. The Morgan fingerprint density at radius 2 is 1.72 bits per heavy atom. The third-order valence-electron chi connectivity index (χ3n) is 4.65. The molecule has 132 valence electrons. The van der Waals surface area contributed by atoms with Crippen molar-refractivity contribution in [3.63, 3.8) is 0 Å². The topological polar surface area (TPSA) is 32.8 Å². The molecule has 0 spiro atoms. The summed E-state index contributed by atoms with van der Waals surface area (Å²) in [5.74, 6) is 0.466. The van der Waals surface area contributed by atoms with Crippen molar-refractivity contribution >= 4 is 5.91 Å². The molecule has 1 amide bonds. The fourth-order valence-electron chi connectivity index (χ4n) is 3.15. The molecular formula is C20H23FN2O2. The number of carbonyl (C=O) groups is 1. The van der Waals surface area contributed by atoms with Crippen molar-refractivity contribution in [2.45, 2.75) is 6.42 Å². The quantitative estimate of drug-likeness (QED) is 0.838. The highest BCUT2D eigenvalue weighted by molar-refractivity contribution is 5.97. The van der Waals surface area contributed by atoms with E-state index in [9.17, 15) is 9.18 Å². The van der Waals surface area contributed by atoms with Crippen LogP contribution in [0, 0.1) is 5.82 Å². The number of amides is 1. The Morgan fingerprint density at radius 3 is 2.44 bits per heavy atom. The third-order valence-corrected chi connectivity index (χ3v) is 4.65. The standard InChI is InChI=1S/C20H23FN2O2/c1-25-19-9-5-3-7-17(19)20(24)23-14-12-22(13-15-23)11-10-16-6-2-4-8-18(16)21/h2-9H,10-15H2,1H3. The number of benzene rings is 2. The maximum Gasteiger partial charge on any atom is 0.257 e. The summed E-state index contributed by atoms with van der Waals surface area (Å²) >= 11 is 0. The zero-order valence-electron chi connectivity index (χ0n) is 14.5. The van der Waals surface area contributed by atoms with Crippen molar-refractivity contribution in [2.75, 3.05) is 39.8 Å². The summed E-state index contributed by atoms with van der Waals surface area (Å²) in [5.41, 5.74) is 1.35. The largest absolute Gasteiger partial charge is 0.496 e. The molecule has 0 saturated carbocycles. The van der Waals surface area contributed by atoms with Crippen LogP contribution in [0.4, 0.5) is 4.39 Å². The van der Waals surface area contributed by atoms with Crippen LogP contribution in [0.5, 0.6) is 5.75 Å². The van der Waals surface area contributed by atoms with E-state index < -0.39 is 0 Å². The van der Waals surface area contributed by atoms with Gasteiger partial charge in [0.1, 0.15) is 11.6 Å². The monoisotopic (exact) mass is 342 g/mol. The van der Waals surface area contributed by atoms with Gasteiger partial charge in [0.25, 0.3) is 5.91 Å². The minimum absolute atomic E-state index is 0.00574. The second-order valence-corrected chi connectivity index (χ2v) is 6.18. The molecule has 4 nitrogen and oxygen atoms in total. The van der Waals surface area contributed by atoms with Crippen LogP contribution < -0.4 is 4.74 Å². The molecule has 5 heteroatoms. The molecule has 1 heterocycles. The highest BCUT2D eigenvalue weighted by atomic mass is 19.1. The van der Waals surface area contributed by atoms with Crippen LogP contribution in [0.1, 0.15) is 15.9 Å². The van der Waals surface area contributed by atoms with E-state index in [4.69, 9.17) is 4.74 Å².